The van der Waals surface area contributed by atoms with Crippen LogP contribution in [0.1, 0.15) is 5.69 Å². The molecular formula is C6H6N5. The fraction of sp³-hybridized carbons (Fsp3) is 0. The molecule has 55 valence electrons. The van der Waals surface area contributed by atoms with Crippen LogP contribution in [0.2, 0.25) is 0 Å². The summed E-state index contributed by atoms with van der Waals surface area (Å²) in [4.78, 5) is 2.93. The third kappa shape index (κ3) is 1.000. The van der Waals surface area contributed by atoms with Crippen molar-refractivity contribution in [1.82, 2.24) is 25.6 Å². The molecular weight excluding hydrogens is 142 g/mol. The molecule has 0 aliphatic heterocycles. The van der Waals surface area contributed by atoms with E-state index in [1.54, 1.807) is 6.20 Å². The summed E-state index contributed by atoms with van der Waals surface area (Å²) in [6, 6.07) is 1.86. The van der Waals surface area contributed by atoms with Crippen LogP contribution < -0.4 is 0 Å². The van der Waals surface area contributed by atoms with Gasteiger partial charge in [-0.1, -0.05) is 0 Å². The molecule has 0 aromatic carbocycles. The Morgan fingerprint density at radius 3 is 2.91 bits per heavy atom. The zero-order valence-corrected chi connectivity index (χ0v) is 5.70. The Morgan fingerprint density at radius 1 is 1.45 bits per heavy atom. The Bertz CT molecular complexity index is 333. The SMILES string of the molecule is [CH2]c1cc(-c2nnn[nH]2)c[nH]1. The molecule has 2 rings (SSSR count). The second-order valence-electron chi connectivity index (χ2n) is 2.16. The van der Waals surface area contributed by atoms with Crippen LogP contribution in [-0.4, -0.2) is 25.6 Å². The van der Waals surface area contributed by atoms with E-state index in [9.17, 15) is 0 Å². The molecule has 0 fully saturated rings. The maximum Gasteiger partial charge on any atom is 0.180 e. The Labute approximate surface area is 62.8 Å². The second kappa shape index (κ2) is 2.19. The fourth-order valence-corrected chi connectivity index (χ4v) is 0.860. The van der Waals surface area contributed by atoms with Gasteiger partial charge in [0.15, 0.2) is 5.82 Å². The molecule has 0 spiro atoms. The molecule has 0 unspecified atom stereocenters. The number of hydrogen-bond acceptors (Lipinski definition) is 3. The first kappa shape index (κ1) is 6.09. The molecule has 2 N–H and O–H groups in total. The van der Waals surface area contributed by atoms with Crippen molar-refractivity contribution in [1.29, 1.82) is 0 Å². The predicted molar refractivity (Wildman–Crippen MR) is 38.4 cm³/mol. The molecule has 2 aromatic rings. The number of aromatic amines is 2. The van der Waals surface area contributed by atoms with Gasteiger partial charge in [-0.05, 0) is 23.4 Å². The van der Waals surface area contributed by atoms with Gasteiger partial charge >= 0.3 is 0 Å². The first-order chi connectivity index (χ1) is 5.36. The number of tetrazole rings is 1. The van der Waals surface area contributed by atoms with Crippen LogP contribution in [0.5, 0.6) is 0 Å². The van der Waals surface area contributed by atoms with Gasteiger partial charge in [0.2, 0.25) is 0 Å². The van der Waals surface area contributed by atoms with Crippen LogP contribution in [0.3, 0.4) is 0 Å². The zero-order chi connectivity index (χ0) is 7.68. The maximum atomic E-state index is 3.74. The van der Waals surface area contributed by atoms with Gasteiger partial charge < -0.3 is 4.98 Å². The van der Waals surface area contributed by atoms with Crippen molar-refractivity contribution >= 4 is 0 Å². The smallest absolute Gasteiger partial charge is 0.180 e. The van der Waals surface area contributed by atoms with Gasteiger partial charge in [-0.15, -0.1) is 5.10 Å². The molecule has 5 nitrogen and oxygen atoms in total. The van der Waals surface area contributed by atoms with E-state index in [-0.39, 0.29) is 0 Å². The highest BCUT2D eigenvalue weighted by molar-refractivity contribution is 5.53. The molecule has 2 heterocycles. The minimum absolute atomic E-state index is 0.649. The van der Waals surface area contributed by atoms with Crippen molar-refractivity contribution in [3.8, 4) is 11.4 Å². The second-order valence-corrected chi connectivity index (χ2v) is 2.16. The van der Waals surface area contributed by atoms with Gasteiger partial charge in [0.05, 0.1) is 0 Å². The molecule has 0 amide bonds. The minimum Gasteiger partial charge on any atom is -0.364 e. The largest absolute Gasteiger partial charge is 0.364 e. The Balaban J connectivity index is 2.45. The summed E-state index contributed by atoms with van der Waals surface area (Å²) in [7, 11) is 0. The van der Waals surface area contributed by atoms with E-state index in [2.05, 4.69) is 32.5 Å². The lowest BCUT2D eigenvalue weighted by Crippen LogP contribution is -1.75. The summed E-state index contributed by atoms with van der Waals surface area (Å²) in [5.41, 5.74) is 1.76. The molecule has 0 aliphatic carbocycles. The number of aromatic nitrogens is 5. The average Bonchev–Trinajstić information content (AvgIpc) is 2.55. The van der Waals surface area contributed by atoms with E-state index >= 15 is 0 Å². The van der Waals surface area contributed by atoms with Crippen LogP contribution in [0.4, 0.5) is 0 Å². The maximum absolute atomic E-state index is 3.74. The van der Waals surface area contributed by atoms with Crippen molar-refractivity contribution in [2.75, 3.05) is 0 Å². The summed E-state index contributed by atoms with van der Waals surface area (Å²) in [6.45, 7) is 3.71. The van der Waals surface area contributed by atoms with E-state index in [4.69, 9.17) is 0 Å². The van der Waals surface area contributed by atoms with Crippen molar-refractivity contribution in [2.45, 2.75) is 0 Å². The van der Waals surface area contributed by atoms with Crippen LogP contribution in [0.15, 0.2) is 12.3 Å². The minimum atomic E-state index is 0.649. The highest BCUT2D eigenvalue weighted by Gasteiger charge is 2.01. The fourth-order valence-electron chi connectivity index (χ4n) is 0.860. The number of rotatable bonds is 1. The molecule has 0 bridgehead atoms. The first-order valence-electron chi connectivity index (χ1n) is 3.11. The number of H-pyrrole nitrogens is 2. The molecule has 2 aromatic heterocycles. The van der Waals surface area contributed by atoms with Crippen molar-refractivity contribution in [3.63, 3.8) is 0 Å². The normalized spacial score (nSPS) is 10.3. The van der Waals surface area contributed by atoms with Crippen molar-refractivity contribution < 1.29 is 0 Å². The summed E-state index contributed by atoms with van der Waals surface area (Å²) >= 11 is 0. The quantitative estimate of drug-likeness (QED) is 0.614. The summed E-state index contributed by atoms with van der Waals surface area (Å²) in [5, 5.41) is 13.3. The summed E-state index contributed by atoms with van der Waals surface area (Å²) in [5.74, 6) is 0.649. The molecule has 1 radical (unpaired) electrons. The molecule has 0 saturated heterocycles. The lowest BCUT2D eigenvalue weighted by atomic mass is 10.3. The molecule has 5 heteroatoms. The number of nitrogens with zero attached hydrogens (tertiary/aromatic N) is 3. The van der Waals surface area contributed by atoms with Crippen molar-refractivity contribution in [2.24, 2.45) is 0 Å². The van der Waals surface area contributed by atoms with Crippen LogP contribution in [0.25, 0.3) is 11.4 Å². The van der Waals surface area contributed by atoms with Gasteiger partial charge in [-0.2, -0.15) is 0 Å². The highest BCUT2D eigenvalue weighted by Crippen LogP contribution is 2.12. The third-order valence-electron chi connectivity index (χ3n) is 1.36. The standard InChI is InChI=1S/C6H6N5/c1-4-2-5(3-7-4)6-8-10-11-9-6/h2-3,7H,1H2,(H,8,9,10,11). The predicted octanol–water partition coefficient (Wildman–Crippen LogP) is 0.377. The van der Waals surface area contributed by atoms with E-state index in [1.807, 2.05) is 6.07 Å². The van der Waals surface area contributed by atoms with Gasteiger partial charge in [-0.25, -0.2) is 5.10 Å². The molecule has 0 saturated carbocycles. The van der Waals surface area contributed by atoms with Crippen molar-refractivity contribution in [3.05, 3.63) is 24.9 Å². The Kier molecular flexibility index (Phi) is 1.21. The van der Waals surface area contributed by atoms with Gasteiger partial charge in [0.25, 0.3) is 0 Å². The van der Waals surface area contributed by atoms with Gasteiger partial charge in [0.1, 0.15) is 0 Å². The number of hydrogen-bond donors (Lipinski definition) is 2. The van der Waals surface area contributed by atoms with E-state index in [0.29, 0.717) is 5.82 Å². The Morgan fingerprint density at radius 2 is 2.36 bits per heavy atom. The molecule has 11 heavy (non-hydrogen) atoms. The van der Waals surface area contributed by atoms with Crippen LogP contribution in [0, 0.1) is 6.92 Å². The summed E-state index contributed by atoms with van der Waals surface area (Å²) in [6.07, 6.45) is 1.80. The number of nitrogens with one attached hydrogen (secondary N) is 2. The van der Waals surface area contributed by atoms with E-state index in [1.165, 1.54) is 0 Å². The Hall–Kier alpha value is -1.65. The zero-order valence-electron chi connectivity index (χ0n) is 5.70. The monoisotopic (exact) mass is 148 g/mol. The third-order valence-corrected chi connectivity index (χ3v) is 1.36. The summed E-state index contributed by atoms with van der Waals surface area (Å²) < 4.78 is 0. The topological polar surface area (TPSA) is 70.2 Å². The first-order valence-corrected chi connectivity index (χ1v) is 3.11. The van der Waals surface area contributed by atoms with Gasteiger partial charge in [0, 0.05) is 17.5 Å². The average molecular weight is 148 g/mol. The van der Waals surface area contributed by atoms with E-state index < -0.39 is 0 Å². The van der Waals surface area contributed by atoms with E-state index in [0.717, 1.165) is 11.3 Å². The molecule has 0 aliphatic rings. The van der Waals surface area contributed by atoms with Crippen LogP contribution >= 0.6 is 0 Å². The van der Waals surface area contributed by atoms with Crippen LogP contribution in [-0.2, 0) is 0 Å². The lowest BCUT2D eigenvalue weighted by Gasteiger charge is -1.82. The molecule has 0 atom stereocenters. The lowest BCUT2D eigenvalue weighted by molar-refractivity contribution is 0.881. The van der Waals surface area contributed by atoms with Gasteiger partial charge in [-0.3, -0.25) is 0 Å². The highest BCUT2D eigenvalue weighted by atomic mass is 15.5.